The monoisotopic (exact) mass is 447 g/mol. The predicted molar refractivity (Wildman–Crippen MR) is 102 cm³/mol. The van der Waals surface area contributed by atoms with E-state index in [0.717, 1.165) is 18.9 Å². The fourth-order valence-corrected chi connectivity index (χ4v) is 5.39. The maximum Gasteiger partial charge on any atom is 0.291 e. The third-order valence-corrected chi connectivity index (χ3v) is 7.88. The Hall–Kier alpha value is -1.92. The fourth-order valence-electron chi connectivity index (χ4n) is 2.73. The molecule has 0 radical (unpaired) electrons. The molecular weight excluding hydrogens is 430 g/mol. The number of nitrogens with zero attached hydrogens (tertiary/aromatic N) is 1. The van der Waals surface area contributed by atoms with Gasteiger partial charge in [0.1, 0.15) is 4.90 Å². The molecule has 2 N–H and O–H groups in total. The van der Waals surface area contributed by atoms with Crippen LogP contribution in [0.2, 0.25) is 5.02 Å². The minimum absolute atomic E-state index is 0.0466. The molecule has 1 fully saturated rings. The zero-order chi connectivity index (χ0) is 20.5. The van der Waals surface area contributed by atoms with Crippen LogP contribution < -0.4 is 10.0 Å². The summed E-state index contributed by atoms with van der Waals surface area (Å²) in [4.78, 5) is 12.2. The number of benzene rings is 1. The van der Waals surface area contributed by atoms with E-state index in [0.29, 0.717) is 13.1 Å². The third-order valence-electron chi connectivity index (χ3n) is 4.21. The third kappa shape index (κ3) is 4.08. The summed E-state index contributed by atoms with van der Waals surface area (Å²) < 4.78 is 57.4. The molecule has 0 bridgehead atoms. The van der Waals surface area contributed by atoms with Gasteiger partial charge in [0.05, 0.1) is 5.02 Å². The van der Waals surface area contributed by atoms with Gasteiger partial charge in [0.15, 0.2) is 5.76 Å². The van der Waals surface area contributed by atoms with E-state index in [-0.39, 0.29) is 21.4 Å². The molecule has 1 aromatic heterocycles. The molecule has 152 valence electrons. The first kappa shape index (κ1) is 20.8. The number of carbonyl (C=O) groups is 1. The quantitative estimate of drug-likeness (QED) is 0.696. The Morgan fingerprint density at radius 1 is 1.11 bits per heavy atom. The maximum absolute atomic E-state index is 12.7. The van der Waals surface area contributed by atoms with Gasteiger partial charge in [-0.05, 0) is 50.2 Å². The number of rotatable bonds is 6. The van der Waals surface area contributed by atoms with Crippen molar-refractivity contribution in [2.24, 2.45) is 0 Å². The standard InChI is InChI=1S/C16H18ClN3O6S2/c1-18-27(22,23)15-7-6-13(26-15)16(21)19-11-4-5-12(17)14(10-11)28(24,25)20-8-2-3-9-20/h4-7,10,18H,2-3,8-9H2,1H3,(H,19,21). The van der Waals surface area contributed by atoms with Gasteiger partial charge in [-0.15, -0.1) is 0 Å². The molecule has 0 atom stereocenters. The zero-order valence-electron chi connectivity index (χ0n) is 14.8. The lowest BCUT2D eigenvalue weighted by molar-refractivity contribution is 0.0991. The van der Waals surface area contributed by atoms with Gasteiger partial charge in [0.25, 0.3) is 15.9 Å². The van der Waals surface area contributed by atoms with Gasteiger partial charge < -0.3 is 9.73 Å². The molecule has 0 unspecified atom stereocenters. The van der Waals surface area contributed by atoms with Crippen molar-refractivity contribution >= 4 is 43.2 Å². The second-order valence-corrected chi connectivity index (χ2v) is 10.2. The molecule has 28 heavy (non-hydrogen) atoms. The van der Waals surface area contributed by atoms with Gasteiger partial charge in [-0.1, -0.05) is 11.6 Å². The molecule has 0 spiro atoms. The van der Waals surface area contributed by atoms with E-state index in [1.54, 1.807) is 0 Å². The van der Waals surface area contributed by atoms with Crippen LogP contribution >= 0.6 is 11.6 Å². The number of amides is 1. The largest absolute Gasteiger partial charge is 0.438 e. The van der Waals surface area contributed by atoms with E-state index in [4.69, 9.17) is 16.0 Å². The number of carbonyl (C=O) groups excluding carboxylic acids is 1. The average molecular weight is 448 g/mol. The van der Waals surface area contributed by atoms with Crippen molar-refractivity contribution in [3.05, 3.63) is 41.1 Å². The molecule has 0 aliphatic carbocycles. The summed E-state index contributed by atoms with van der Waals surface area (Å²) in [7, 11) is -6.38. The predicted octanol–water partition coefficient (Wildman–Crippen LogP) is 1.88. The lowest BCUT2D eigenvalue weighted by Crippen LogP contribution is -2.28. The van der Waals surface area contributed by atoms with Crippen LogP contribution in [0.25, 0.3) is 0 Å². The van der Waals surface area contributed by atoms with Gasteiger partial charge in [0, 0.05) is 18.8 Å². The minimum atomic E-state index is -3.82. The van der Waals surface area contributed by atoms with Crippen LogP contribution in [0.15, 0.2) is 44.7 Å². The van der Waals surface area contributed by atoms with E-state index in [9.17, 15) is 21.6 Å². The van der Waals surface area contributed by atoms with Crippen LogP contribution in [0, 0.1) is 0 Å². The summed E-state index contributed by atoms with van der Waals surface area (Å²) in [6, 6.07) is 6.43. The van der Waals surface area contributed by atoms with Crippen molar-refractivity contribution in [2.45, 2.75) is 22.8 Å². The number of nitrogens with one attached hydrogen (secondary N) is 2. The molecule has 1 aliphatic heterocycles. The molecule has 3 rings (SSSR count). The first-order valence-corrected chi connectivity index (χ1v) is 11.6. The number of sulfonamides is 2. The van der Waals surface area contributed by atoms with Crippen molar-refractivity contribution in [3.63, 3.8) is 0 Å². The fraction of sp³-hybridized carbons (Fsp3) is 0.312. The van der Waals surface area contributed by atoms with Gasteiger partial charge in [-0.2, -0.15) is 4.31 Å². The van der Waals surface area contributed by atoms with Crippen molar-refractivity contribution in [1.82, 2.24) is 9.03 Å². The van der Waals surface area contributed by atoms with Crippen LogP contribution in [0.4, 0.5) is 5.69 Å². The maximum atomic E-state index is 12.7. The summed E-state index contributed by atoms with van der Waals surface area (Å²) in [5.74, 6) is -0.975. The lowest BCUT2D eigenvalue weighted by Gasteiger charge is -2.17. The lowest BCUT2D eigenvalue weighted by atomic mass is 10.3. The minimum Gasteiger partial charge on any atom is -0.438 e. The smallest absolute Gasteiger partial charge is 0.291 e. The van der Waals surface area contributed by atoms with E-state index in [1.165, 1.54) is 35.6 Å². The highest BCUT2D eigenvalue weighted by Crippen LogP contribution is 2.30. The Balaban J connectivity index is 1.85. The molecule has 2 heterocycles. The van der Waals surface area contributed by atoms with Crippen molar-refractivity contribution in [3.8, 4) is 0 Å². The van der Waals surface area contributed by atoms with Crippen LogP contribution in [0.5, 0.6) is 0 Å². The van der Waals surface area contributed by atoms with Crippen LogP contribution in [-0.4, -0.2) is 47.2 Å². The molecular formula is C16H18ClN3O6S2. The SMILES string of the molecule is CNS(=O)(=O)c1ccc(C(=O)Nc2ccc(Cl)c(S(=O)(=O)N3CCCC3)c2)o1. The average Bonchev–Trinajstić information content (AvgIpc) is 3.35. The number of halogens is 1. The van der Waals surface area contributed by atoms with E-state index in [2.05, 4.69) is 10.0 Å². The Kier molecular flexibility index (Phi) is 5.82. The highest BCUT2D eigenvalue weighted by Gasteiger charge is 2.29. The van der Waals surface area contributed by atoms with E-state index in [1.807, 2.05) is 0 Å². The van der Waals surface area contributed by atoms with Gasteiger partial charge in [0.2, 0.25) is 15.1 Å². The number of hydrogen-bond donors (Lipinski definition) is 2. The number of anilines is 1. The van der Waals surface area contributed by atoms with Crippen molar-refractivity contribution in [2.75, 3.05) is 25.5 Å². The van der Waals surface area contributed by atoms with Crippen LogP contribution in [0.3, 0.4) is 0 Å². The highest BCUT2D eigenvalue weighted by atomic mass is 35.5. The summed E-state index contributed by atoms with van der Waals surface area (Å²) in [5, 5.41) is 2.12. The molecule has 9 nitrogen and oxygen atoms in total. The van der Waals surface area contributed by atoms with E-state index >= 15 is 0 Å². The van der Waals surface area contributed by atoms with Gasteiger partial charge in [-0.25, -0.2) is 21.6 Å². The molecule has 0 saturated carbocycles. The zero-order valence-corrected chi connectivity index (χ0v) is 17.2. The van der Waals surface area contributed by atoms with E-state index < -0.39 is 31.0 Å². The summed E-state index contributed by atoms with van der Waals surface area (Å²) in [6.07, 6.45) is 1.56. The Labute approximate surface area is 167 Å². The second-order valence-electron chi connectivity index (χ2n) is 6.04. The molecule has 12 heteroatoms. The van der Waals surface area contributed by atoms with Crippen molar-refractivity contribution < 1.29 is 26.0 Å². The van der Waals surface area contributed by atoms with Crippen LogP contribution in [0.1, 0.15) is 23.4 Å². The number of furan rings is 1. The summed E-state index contributed by atoms with van der Waals surface area (Å²) >= 11 is 6.07. The topological polar surface area (TPSA) is 126 Å². The first-order valence-electron chi connectivity index (χ1n) is 8.29. The van der Waals surface area contributed by atoms with Gasteiger partial charge in [-0.3, -0.25) is 4.79 Å². The molecule has 1 saturated heterocycles. The summed E-state index contributed by atoms with van der Waals surface area (Å²) in [5.41, 5.74) is 0.182. The molecule has 1 aliphatic rings. The second kappa shape index (κ2) is 7.84. The Bertz CT molecular complexity index is 1110. The summed E-state index contributed by atoms with van der Waals surface area (Å²) in [6.45, 7) is 0.842. The number of hydrogen-bond acceptors (Lipinski definition) is 6. The van der Waals surface area contributed by atoms with Crippen molar-refractivity contribution in [1.29, 1.82) is 0 Å². The molecule has 1 amide bonds. The van der Waals surface area contributed by atoms with Crippen LogP contribution in [-0.2, 0) is 20.0 Å². The molecule has 2 aromatic rings. The Morgan fingerprint density at radius 2 is 1.79 bits per heavy atom. The first-order chi connectivity index (χ1) is 13.1. The highest BCUT2D eigenvalue weighted by molar-refractivity contribution is 7.89. The normalized spacial score (nSPS) is 15.6. The molecule has 1 aromatic carbocycles. The Morgan fingerprint density at radius 3 is 2.43 bits per heavy atom. The van der Waals surface area contributed by atoms with Gasteiger partial charge >= 0.3 is 0 Å².